The lowest BCUT2D eigenvalue weighted by atomic mass is 10.2. The van der Waals surface area contributed by atoms with E-state index < -0.39 is 16.8 Å². The Morgan fingerprint density at radius 1 is 1.47 bits per heavy atom. The number of rotatable bonds is 3. The van der Waals surface area contributed by atoms with Crippen LogP contribution in [-0.4, -0.2) is 29.0 Å². The maximum Gasteiger partial charge on any atom is 0.394 e. The van der Waals surface area contributed by atoms with E-state index in [0.717, 1.165) is 12.1 Å². The lowest BCUT2D eigenvalue weighted by molar-refractivity contribution is -0.384. The van der Waals surface area contributed by atoms with Gasteiger partial charge in [-0.05, 0) is 6.07 Å². The molecule has 0 spiro atoms. The number of anilines is 1. The minimum atomic E-state index is -1.66. The Morgan fingerprint density at radius 2 is 2.12 bits per heavy atom. The van der Waals surface area contributed by atoms with Crippen molar-refractivity contribution in [3.8, 4) is 5.75 Å². The largest absolute Gasteiger partial charge is 0.494 e. The number of carboxylic acids is 1. The van der Waals surface area contributed by atoms with Crippen molar-refractivity contribution >= 4 is 23.3 Å². The fourth-order valence-corrected chi connectivity index (χ4v) is 1.07. The van der Waals surface area contributed by atoms with Gasteiger partial charge in [-0.2, -0.15) is 0 Å². The average Bonchev–Trinajstić information content (AvgIpc) is 2.28. The number of hydrogen-bond donors (Lipinski definition) is 2. The van der Waals surface area contributed by atoms with Gasteiger partial charge in [0.25, 0.3) is 5.69 Å². The van der Waals surface area contributed by atoms with Crippen LogP contribution >= 0.6 is 0 Å². The number of hydrogen-bond acceptors (Lipinski definition) is 5. The SMILES string of the molecule is COc1cc([N+](=O)[O-])ccc1NC(=O)C(=O)O. The first kappa shape index (κ1) is 12.4. The molecule has 2 N–H and O–H groups in total. The Hall–Kier alpha value is -2.64. The van der Waals surface area contributed by atoms with Gasteiger partial charge in [0.2, 0.25) is 0 Å². The number of ether oxygens (including phenoxy) is 1. The van der Waals surface area contributed by atoms with Gasteiger partial charge in [-0.25, -0.2) is 4.79 Å². The summed E-state index contributed by atoms with van der Waals surface area (Å²) >= 11 is 0. The standard InChI is InChI=1S/C9H8N2O6/c1-17-7-4-5(11(15)16)2-3-6(7)10-8(12)9(13)14/h2-4H,1H3,(H,10,12)(H,13,14). The third-order valence-corrected chi connectivity index (χ3v) is 1.84. The summed E-state index contributed by atoms with van der Waals surface area (Å²) in [7, 11) is 1.25. The zero-order chi connectivity index (χ0) is 13.0. The van der Waals surface area contributed by atoms with Gasteiger partial charge in [0.1, 0.15) is 5.75 Å². The van der Waals surface area contributed by atoms with Gasteiger partial charge < -0.3 is 15.2 Å². The van der Waals surface area contributed by atoms with Crippen molar-refractivity contribution in [3.05, 3.63) is 28.3 Å². The van der Waals surface area contributed by atoms with Crippen LogP contribution < -0.4 is 10.1 Å². The van der Waals surface area contributed by atoms with Crippen molar-refractivity contribution in [1.82, 2.24) is 0 Å². The van der Waals surface area contributed by atoms with Crippen molar-refractivity contribution in [3.63, 3.8) is 0 Å². The van der Waals surface area contributed by atoms with Crippen LogP contribution in [-0.2, 0) is 9.59 Å². The fraction of sp³-hybridized carbons (Fsp3) is 0.111. The van der Waals surface area contributed by atoms with E-state index in [9.17, 15) is 19.7 Å². The Kier molecular flexibility index (Phi) is 3.60. The van der Waals surface area contributed by atoms with E-state index in [2.05, 4.69) is 0 Å². The highest BCUT2D eigenvalue weighted by atomic mass is 16.6. The Morgan fingerprint density at radius 3 is 2.59 bits per heavy atom. The molecular formula is C9H8N2O6. The number of carbonyl (C=O) groups excluding carboxylic acids is 1. The zero-order valence-electron chi connectivity index (χ0n) is 8.67. The number of amides is 1. The maximum atomic E-state index is 10.9. The van der Waals surface area contributed by atoms with Crippen LogP contribution in [0.5, 0.6) is 5.75 Å². The average molecular weight is 240 g/mol. The minimum Gasteiger partial charge on any atom is -0.494 e. The molecule has 0 saturated heterocycles. The number of carbonyl (C=O) groups is 2. The minimum absolute atomic E-state index is 0.00815. The zero-order valence-corrected chi connectivity index (χ0v) is 8.67. The van der Waals surface area contributed by atoms with Crippen LogP contribution in [0.3, 0.4) is 0 Å². The highest BCUT2D eigenvalue weighted by Gasteiger charge is 2.16. The van der Waals surface area contributed by atoms with Crippen molar-refractivity contribution in [2.24, 2.45) is 0 Å². The quantitative estimate of drug-likeness (QED) is 0.454. The first-order valence-electron chi connectivity index (χ1n) is 4.32. The van der Waals surface area contributed by atoms with Crippen molar-refractivity contribution in [1.29, 1.82) is 0 Å². The summed E-state index contributed by atoms with van der Waals surface area (Å²) in [5.74, 6) is -2.91. The first-order valence-corrected chi connectivity index (χ1v) is 4.32. The van der Waals surface area contributed by atoms with Crippen molar-refractivity contribution < 1.29 is 24.4 Å². The second-order valence-electron chi connectivity index (χ2n) is 2.90. The molecule has 0 aliphatic carbocycles. The number of nitro groups is 1. The molecule has 90 valence electrons. The number of carboxylic acid groups (broad SMARTS) is 1. The van der Waals surface area contributed by atoms with Gasteiger partial charge in [0.05, 0.1) is 23.8 Å². The van der Waals surface area contributed by atoms with Crippen molar-refractivity contribution in [2.75, 3.05) is 12.4 Å². The summed E-state index contributed by atoms with van der Waals surface area (Å²) in [6, 6.07) is 3.40. The molecule has 0 aliphatic rings. The normalized spacial score (nSPS) is 9.47. The molecule has 0 atom stereocenters. The molecule has 0 aliphatic heterocycles. The Balaban J connectivity index is 3.05. The highest BCUT2D eigenvalue weighted by molar-refractivity contribution is 6.36. The molecule has 1 rings (SSSR count). The Labute approximate surface area is 95.0 Å². The Bertz CT molecular complexity index is 484. The molecule has 8 nitrogen and oxygen atoms in total. The van der Waals surface area contributed by atoms with Gasteiger partial charge in [0, 0.05) is 6.07 Å². The van der Waals surface area contributed by atoms with Crippen LogP contribution in [0.25, 0.3) is 0 Å². The van der Waals surface area contributed by atoms with Gasteiger partial charge in [-0.15, -0.1) is 0 Å². The number of aliphatic carboxylic acids is 1. The number of benzene rings is 1. The monoisotopic (exact) mass is 240 g/mol. The summed E-state index contributed by atoms with van der Waals surface area (Å²) in [6.07, 6.45) is 0. The lowest BCUT2D eigenvalue weighted by Gasteiger charge is -2.07. The maximum absolute atomic E-state index is 10.9. The number of methoxy groups -OCH3 is 1. The molecule has 0 bridgehead atoms. The first-order chi connectivity index (χ1) is 7.95. The van der Waals surface area contributed by atoms with Gasteiger partial charge in [-0.3, -0.25) is 14.9 Å². The molecule has 1 aromatic carbocycles. The third-order valence-electron chi connectivity index (χ3n) is 1.84. The van der Waals surface area contributed by atoms with Crippen LogP contribution in [0.4, 0.5) is 11.4 Å². The number of nitrogens with one attached hydrogen (secondary N) is 1. The van der Waals surface area contributed by atoms with Crippen molar-refractivity contribution in [2.45, 2.75) is 0 Å². The number of nitro benzene ring substituents is 1. The van der Waals surface area contributed by atoms with E-state index in [-0.39, 0.29) is 17.1 Å². The molecule has 17 heavy (non-hydrogen) atoms. The van der Waals surface area contributed by atoms with Crippen LogP contribution in [0.2, 0.25) is 0 Å². The summed E-state index contributed by atoms with van der Waals surface area (Å²) in [4.78, 5) is 31.1. The summed E-state index contributed by atoms with van der Waals surface area (Å²) < 4.78 is 4.80. The van der Waals surface area contributed by atoms with E-state index in [1.165, 1.54) is 13.2 Å². The third kappa shape index (κ3) is 2.91. The highest BCUT2D eigenvalue weighted by Crippen LogP contribution is 2.28. The molecule has 0 fully saturated rings. The lowest BCUT2D eigenvalue weighted by Crippen LogP contribution is -2.22. The molecule has 1 amide bonds. The molecule has 0 heterocycles. The summed E-state index contributed by atoms with van der Waals surface area (Å²) in [5, 5.41) is 20.9. The molecule has 0 radical (unpaired) electrons. The van der Waals surface area contributed by atoms with Gasteiger partial charge in [0.15, 0.2) is 0 Å². The van der Waals surface area contributed by atoms with E-state index >= 15 is 0 Å². The predicted molar refractivity (Wildman–Crippen MR) is 55.9 cm³/mol. The smallest absolute Gasteiger partial charge is 0.394 e. The van der Waals surface area contributed by atoms with Gasteiger partial charge in [-0.1, -0.05) is 0 Å². The van der Waals surface area contributed by atoms with Crippen LogP contribution in [0.15, 0.2) is 18.2 Å². The van der Waals surface area contributed by atoms with Gasteiger partial charge >= 0.3 is 11.9 Å². The molecule has 8 heteroatoms. The summed E-state index contributed by atoms with van der Waals surface area (Å²) in [6.45, 7) is 0. The predicted octanol–water partition coefficient (Wildman–Crippen LogP) is 0.626. The van der Waals surface area contributed by atoms with Crippen LogP contribution in [0.1, 0.15) is 0 Å². The molecule has 0 unspecified atom stereocenters. The van der Waals surface area contributed by atoms with E-state index in [1.54, 1.807) is 0 Å². The molecule has 1 aromatic rings. The summed E-state index contributed by atoms with van der Waals surface area (Å²) in [5.41, 5.74) is -0.180. The van der Waals surface area contributed by atoms with E-state index in [0.29, 0.717) is 0 Å². The number of non-ortho nitro benzene ring substituents is 1. The second-order valence-corrected chi connectivity index (χ2v) is 2.90. The molecule has 0 aromatic heterocycles. The van der Waals surface area contributed by atoms with E-state index in [1.807, 2.05) is 5.32 Å². The second kappa shape index (κ2) is 4.92. The molecule has 0 saturated carbocycles. The van der Waals surface area contributed by atoms with E-state index in [4.69, 9.17) is 9.84 Å². The molecular weight excluding hydrogens is 232 g/mol. The van der Waals surface area contributed by atoms with Crippen LogP contribution in [0, 0.1) is 10.1 Å². The topological polar surface area (TPSA) is 119 Å². The number of nitrogens with zero attached hydrogens (tertiary/aromatic N) is 1. The fourth-order valence-electron chi connectivity index (χ4n) is 1.07.